The number of nitriles is 1. The normalized spacial score (nSPS) is 13.8. The van der Waals surface area contributed by atoms with Crippen molar-refractivity contribution in [2.24, 2.45) is 0 Å². The Hall–Kier alpha value is -4.31. The first kappa shape index (κ1) is 25.3. The van der Waals surface area contributed by atoms with Crippen molar-refractivity contribution >= 4 is 11.8 Å². The second-order valence-corrected chi connectivity index (χ2v) is 7.23. The van der Waals surface area contributed by atoms with Crippen LogP contribution in [0.4, 0.5) is 17.6 Å². The molecule has 4 N–H and O–H groups in total. The molecule has 1 aliphatic heterocycles. The van der Waals surface area contributed by atoms with E-state index in [9.17, 15) is 32.4 Å². The zero-order valence-corrected chi connectivity index (χ0v) is 18.2. The Kier molecular flexibility index (Phi) is 7.77. The molecule has 1 heterocycles. The van der Waals surface area contributed by atoms with Gasteiger partial charge in [-0.3, -0.25) is 20.0 Å². The summed E-state index contributed by atoms with van der Waals surface area (Å²) in [5, 5.41) is 15.7. The SMILES string of the molecule is COc1ccc(C(=O)NCCN2C=C(C(=O)NC(C#N)c3ccc(C(F)(F)F)cc3)NN2)c(F)c1. The number of rotatable bonds is 8. The molecule has 13 heteroatoms. The summed E-state index contributed by atoms with van der Waals surface area (Å²) in [6.45, 7) is 0.282. The van der Waals surface area contributed by atoms with Crippen LogP contribution >= 0.6 is 0 Å². The monoisotopic (exact) mass is 492 g/mol. The number of amides is 2. The van der Waals surface area contributed by atoms with Crippen molar-refractivity contribution in [2.45, 2.75) is 12.2 Å². The molecular formula is C22H20F4N6O3. The quantitative estimate of drug-likeness (QED) is 0.417. The number of benzene rings is 2. The van der Waals surface area contributed by atoms with E-state index in [1.807, 2.05) is 6.07 Å². The van der Waals surface area contributed by atoms with Crippen LogP contribution in [0.5, 0.6) is 5.75 Å². The van der Waals surface area contributed by atoms with Crippen LogP contribution in [-0.2, 0) is 11.0 Å². The average Bonchev–Trinajstić information content (AvgIpc) is 3.30. The predicted molar refractivity (Wildman–Crippen MR) is 114 cm³/mol. The minimum Gasteiger partial charge on any atom is -0.497 e. The lowest BCUT2D eigenvalue weighted by atomic mass is 10.1. The molecule has 0 bridgehead atoms. The van der Waals surface area contributed by atoms with E-state index < -0.39 is 35.4 Å². The number of alkyl halides is 3. The van der Waals surface area contributed by atoms with Gasteiger partial charge in [-0.2, -0.15) is 18.4 Å². The van der Waals surface area contributed by atoms with E-state index in [0.29, 0.717) is 0 Å². The summed E-state index contributed by atoms with van der Waals surface area (Å²) in [6, 6.07) is 8.38. The molecule has 184 valence electrons. The number of hydrogen-bond donors (Lipinski definition) is 4. The average molecular weight is 492 g/mol. The maximum absolute atomic E-state index is 14.0. The van der Waals surface area contributed by atoms with E-state index in [1.165, 1.54) is 30.5 Å². The molecule has 1 unspecified atom stereocenters. The number of carbonyl (C=O) groups is 2. The topological polar surface area (TPSA) is 119 Å². The summed E-state index contributed by atoms with van der Waals surface area (Å²) in [7, 11) is 1.38. The van der Waals surface area contributed by atoms with Gasteiger partial charge in [-0.15, -0.1) is 5.53 Å². The number of nitrogens with one attached hydrogen (secondary N) is 4. The van der Waals surface area contributed by atoms with Gasteiger partial charge in [0.1, 0.15) is 23.3 Å². The first-order chi connectivity index (χ1) is 16.6. The van der Waals surface area contributed by atoms with Crippen molar-refractivity contribution in [3.05, 3.63) is 76.9 Å². The highest BCUT2D eigenvalue weighted by Crippen LogP contribution is 2.30. The summed E-state index contributed by atoms with van der Waals surface area (Å²) >= 11 is 0. The summed E-state index contributed by atoms with van der Waals surface area (Å²) in [5.41, 5.74) is 4.45. The molecule has 0 spiro atoms. The first-order valence-electron chi connectivity index (χ1n) is 10.1. The summed E-state index contributed by atoms with van der Waals surface area (Å²) < 4.78 is 57.0. The fraction of sp³-hybridized carbons (Fsp3) is 0.227. The van der Waals surface area contributed by atoms with Gasteiger partial charge in [-0.1, -0.05) is 12.1 Å². The van der Waals surface area contributed by atoms with Crippen LogP contribution in [0.2, 0.25) is 0 Å². The number of hydrogen-bond acceptors (Lipinski definition) is 7. The molecule has 0 saturated heterocycles. The fourth-order valence-corrected chi connectivity index (χ4v) is 3.04. The largest absolute Gasteiger partial charge is 0.497 e. The first-order valence-corrected chi connectivity index (χ1v) is 10.1. The van der Waals surface area contributed by atoms with Gasteiger partial charge in [0.2, 0.25) is 0 Å². The lowest BCUT2D eigenvalue weighted by Gasteiger charge is -2.15. The van der Waals surface area contributed by atoms with Crippen molar-refractivity contribution in [3.8, 4) is 11.8 Å². The number of methoxy groups -OCH3 is 1. The highest BCUT2D eigenvalue weighted by molar-refractivity contribution is 5.94. The van der Waals surface area contributed by atoms with Gasteiger partial charge >= 0.3 is 6.18 Å². The third-order valence-corrected chi connectivity index (χ3v) is 4.90. The minimum atomic E-state index is -4.51. The second-order valence-electron chi connectivity index (χ2n) is 7.23. The summed E-state index contributed by atoms with van der Waals surface area (Å²) in [4.78, 5) is 24.6. The molecule has 0 radical (unpaired) electrons. The molecule has 2 aromatic rings. The Morgan fingerprint density at radius 1 is 1.17 bits per heavy atom. The maximum atomic E-state index is 14.0. The van der Waals surface area contributed by atoms with Gasteiger partial charge in [-0.05, 0) is 29.8 Å². The van der Waals surface area contributed by atoms with Crippen molar-refractivity contribution in [3.63, 3.8) is 0 Å². The number of carbonyl (C=O) groups excluding carboxylic acids is 2. The van der Waals surface area contributed by atoms with Crippen LogP contribution in [0.1, 0.15) is 27.5 Å². The van der Waals surface area contributed by atoms with Gasteiger partial charge in [0.15, 0.2) is 0 Å². The van der Waals surface area contributed by atoms with Gasteiger partial charge in [0.05, 0.1) is 30.9 Å². The second kappa shape index (κ2) is 10.7. The molecule has 0 fully saturated rings. The maximum Gasteiger partial charge on any atom is 0.416 e. The molecule has 9 nitrogen and oxygen atoms in total. The number of hydrazine groups is 2. The Balaban J connectivity index is 1.52. The lowest BCUT2D eigenvalue weighted by molar-refractivity contribution is -0.137. The van der Waals surface area contributed by atoms with E-state index in [0.717, 1.165) is 30.3 Å². The zero-order chi connectivity index (χ0) is 25.6. The van der Waals surface area contributed by atoms with Gasteiger partial charge in [0.25, 0.3) is 11.8 Å². The molecule has 2 amide bonds. The van der Waals surface area contributed by atoms with Crippen LogP contribution in [0.15, 0.2) is 54.4 Å². The molecule has 3 rings (SSSR count). The summed E-state index contributed by atoms with van der Waals surface area (Å²) in [6.07, 6.45) is -3.14. The van der Waals surface area contributed by atoms with Crippen molar-refractivity contribution < 1.29 is 31.9 Å². The van der Waals surface area contributed by atoms with E-state index >= 15 is 0 Å². The highest BCUT2D eigenvalue weighted by atomic mass is 19.4. The van der Waals surface area contributed by atoms with E-state index in [4.69, 9.17) is 4.74 Å². The lowest BCUT2D eigenvalue weighted by Crippen LogP contribution is -2.42. The fourth-order valence-electron chi connectivity index (χ4n) is 3.04. The standard InChI is InChI=1S/C22H20F4N6O3/c1-35-15-6-7-16(17(23)10-15)20(33)28-8-9-32-12-19(30-31-32)21(34)29-18(11-27)13-2-4-14(5-3-13)22(24,25)26/h2-7,10,12,18,30-31H,8-9H2,1H3,(H,28,33)(H,29,34). The third kappa shape index (κ3) is 6.39. The van der Waals surface area contributed by atoms with Crippen LogP contribution < -0.4 is 26.3 Å². The van der Waals surface area contributed by atoms with E-state index in [1.54, 1.807) is 0 Å². The third-order valence-electron chi connectivity index (χ3n) is 4.90. The number of nitrogens with zero attached hydrogens (tertiary/aromatic N) is 2. The van der Waals surface area contributed by atoms with Crippen LogP contribution in [0, 0.1) is 17.1 Å². The Morgan fingerprint density at radius 3 is 2.49 bits per heavy atom. The van der Waals surface area contributed by atoms with Crippen molar-refractivity contribution in [1.29, 1.82) is 5.26 Å². The number of halogens is 4. The van der Waals surface area contributed by atoms with Crippen LogP contribution in [0.25, 0.3) is 0 Å². The smallest absolute Gasteiger partial charge is 0.416 e. The van der Waals surface area contributed by atoms with Crippen molar-refractivity contribution in [2.75, 3.05) is 20.2 Å². The predicted octanol–water partition coefficient (Wildman–Crippen LogP) is 2.13. The Bertz CT molecular complexity index is 1160. The van der Waals surface area contributed by atoms with Gasteiger partial charge in [0, 0.05) is 18.8 Å². The van der Waals surface area contributed by atoms with Crippen LogP contribution in [0.3, 0.4) is 0 Å². The van der Waals surface area contributed by atoms with E-state index in [-0.39, 0.29) is 35.7 Å². The highest BCUT2D eigenvalue weighted by Gasteiger charge is 2.30. The molecule has 1 atom stereocenters. The zero-order valence-electron chi connectivity index (χ0n) is 18.2. The number of ether oxygens (including phenoxy) is 1. The molecule has 2 aromatic carbocycles. The summed E-state index contributed by atoms with van der Waals surface area (Å²) in [5.74, 6) is -1.77. The molecular weight excluding hydrogens is 472 g/mol. The van der Waals surface area contributed by atoms with Gasteiger partial charge in [-0.25, -0.2) is 4.39 Å². The molecule has 35 heavy (non-hydrogen) atoms. The molecule has 0 aliphatic carbocycles. The molecule has 0 saturated carbocycles. The van der Waals surface area contributed by atoms with Crippen LogP contribution in [-0.4, -0.2) is 37.0 Å². The Morgan fingerprint density at radius 2 is 1.89 bits per heavy atom. The molecule has 0 aromatic heterocycles. The van der Waals surface area contributed by atoms with Crippen molar-refractivity contribution in [1.82, 2.24) is 26.6 Å². The Labute approximate surface area is 197 Å². The van der Waals surface area contributed by atoms with E-state index in [2.05, 4.69) is 21.6 Å². The van der Waals surface area contributed by atoms with Gasteiger partial charge < -0.3 is 15.4 Å². The minimum absolute atomic E-state index is 0.0321. The molecule has 1 aliphatic rings.